The van der Waals surface area contributed by atoms with Gasteiger partial charge in [-0.25, -0.2) is 4.79 Å². The highest BCUT2D eigenvalue weighted by molar-refractivity contribution is 7.19. The Kier molecular flexibility index (Phi) is 9.41. The van der Waals surface area contributed by atoms with Crippen molar-refractivity contribution in [3.63, 3.8) is 0 Å². The van der Waals surface area contributed by atoms with Crippen LogP contribution >= 0.6 is 11.3 Å². The number of rotatable bonds is 7. The highest BCUT2D eigenvalue weighted by Gasteiger charge is 2.37. The largest absolute Gasteiger partial charge is 0.453 e. The Morgan fingerprint density at radius 2 is 1.79 bits per heavy atom. The van der Waals surface area contributed by atoms with Gasteiger partial charge >= 0.3 is 6.09 Å². The van der Waals surface area contributed by atoms with Crippen LogP contribution in [0.25, 0.3) is 21.5 Å². The first-order valence-corrected chi connectivity index (χ1v) is 17.4. The van der Waals surface area contributed by atoms with Gasteiger partial charge in [-0.15, -0.1) is 11.3 Å². The summed E-state index contributed by atoms with van der Waals surface area (Å²) in [7, 11) is 1.37. The number of nitrogens with one attached hydrogen (secondary N) is 2. The second kappa shape index (κ2) is 13.5. The first-order chi connectivity index (χ1) is 22.5. The Morgan fingerprint density at radius 1 is 1.09 bits per heavy atom. The topological polar surface area (TPSA) is 103 Å². The number of pyridine rings is 1. The molecule has 0 spiro atoms. The average molecular weight is 655 g/mol. The SMILES string of the molecule is COC(=O)NC(=NC[C@@H](C)c1c(-c2cc(C)cc(C)c2)[nH]c2sc(C(C)(C)C(=O)N3CCCC3)cc12)N1CCC(c2ccncc2)C1. The number of aryl methyl sites for hydroxylation is 2. The maximum Gasteiger partial charge on any atom is 0.413 e. The molecule has 0 radical (unpaired) electrons. The van der Waals surface area contributed by atoms with E-state index in [4.69, 9.17) is 9.73 Å². The summed E-state index contributed by atoms with van der Waals surface area (Å²) in [5, 5.41) is 4.03. The van der Waals surface area contributed by atoms with E-state index in [0.717, 1.165) is 71.8 Å². The van der Waals surface area contributed by atoms with Gasteiger partial charge in [0.15, 0.2) is 0 Å². The number of carbonyl (C=O) groups is 2. The van der Waals surface area contributed by atoms with Gasteiger partial charge in [-0.05, 0) is 94.0 Å². The number of amides is 2. The zero-order valence-electron chi connectivity index (χ0n) is 28.4. The minimum absolute atomic E-state index is 0.00691. The van der Waals surface area contributed by atoms with Crippen molar-refractivity contribution in [2.45, 2.75) is 71.1 Å². The Bertz CT molecular complexity index is 1770. The van der Waals surface area contributed by atoms with Gasteiger partial charge in [0, 0.05) is 67.2 Å². The van der Waals surface area contributed by atoms with Gasteiger partial charge in [0.2, 0.25) is 11.9 Å². The molecule has 2 N–H and O–H groups in total. The lowest BCUT2D eigenvalue weighted by molar-refractivity contribution is -0.135. The molecule has 47 heavy (non-hydrogen) atoms. The Hall–Kier alpha value is -4.18. The minimum atomic E-state index is -0.619. The molecule has 1 aromatic carbocycles. The molecule has 3 aromatic heterocycles. The molecule has 6 rings (SSSR count). The number of likely N-dealkylation sites (tertiary alicyclic amines) is 2. The van der Waals surface area contributed by atoms with Gasteiger partial charge < -0.3 is 19.5 Å². The maximum absolute atomic E-state index is 13.6. The monoisotopic (exact) mass is 654 g/mol. The number of benzene rings is 1. The molecule has 248 valence electrons. The Balaban J connectivity index is 1.35. The number of H-pyrrole nitrogens is 1. The van der Waals surface area contributed by atoms with Crippen LogP contribution in [0.5, 0.6) is 0 Å². The smallest absolute Gasteiger partial charge is 0.413 e. The van der Waals surface area contributed by atoms with Crippen molar-refractivity contribution in [3.05, 3.63) is 75.9 Å². The molecule has 0 saturated carbocycles. The molecule has 5 heterocycles. The van der Waals surface area contributed by atoms with E-state index in [1.807, 2.05) is 17.3 Å². The number of nitrogens with zero attached hydrogens (tertiary/aromatic N) is 4. The van der Waals surface area contributed by atoms with Crippen LogP contribution in [0.2, 0.25) is 0 Å². The predicted molar refractivity (Wildman–Crippen MR) is 189 cm³/mol. The number of aromatic amines is 1. The molecule has 9 nitrogen and oxygen atoms in total. The van der Waals surface area contributed by atoms with Crippen LogP contribution in [0.4, 0.5) is 4.79 Å². The molecule has 0 aliphatic carbocycles. The average Bonchev–Trinajstić information content (AvgIpc) is 3.87. The molecule has 2 aliphatic heterocycles. The molecule has 2 aliphatic rings. The highest BCUT2D eigenvalue weighted by atomic mass is 32.1. The van der Waals surface area contributed by atoms with E-state index in [1.54, 1.807) is 11.3 Å². The lowest BCUT2D eigenvalue weighted by Crippen LogP contribution is -2.43. The molecule has 2 amide bonds. The van der Waals surface area contributed by atoms with E-state index in [2.05, 4.69) is 91.2 Å². The minimum Gasteiger partial charge on any atom is -0.453 e. The van der Waals surface area contributed by atoms with Crippen LogP contribution in [0.1, 0.15) is 79.0 Å². The first kappa shape index (κ1) is 32.7. The summed E-state index contributed by atoms with van der Waals surface area (Å²) in [6.45, 7) is 14.2. The molecule has 2 atom stereocenters. The number of carbonyl (C=O) groups excluding carboxylic acids is 2. The molecule has 2 fully saturated rings. The summed E-state index contributed by atoms with van der Waals surface area (Å²) < 4.78 is 4.98. The summed E-state index contributed by atoms with van der Waals surface area (Å²) in [5.74, 6) is 1.06. The summed E-state index contributed by atoms with van der Waals surface area (Å²) in [5.41, 5.74) is 6.42. The van der Waals surface area contributed by atoms with Crippen LogP contribution in [0, 0.1) is 13.8 Å². The van der Waals surface area contributed by atoms with Gasteiger partial charge in [0.1, 0.15) is 4.83 Å². The first-order valence-electron chi connectivity index (χ1n) is 16.6. The molecule has 4 aromatic rings. The number of methoxy groups -OCH3 is 1. The third-order valence-electron chi connectivity index (χ3n) is 9.66. The molecule has 0 bridgehead atoms. The Morgan fingerprint density at radius 3 is 2.47 bits per heavy atom. The van der Waals surface area contributed by atoms with Crippen LogP contribution < -0.4 is 5.32 Å². The van der Waals surface area contributed by atoms with Gasteiger partial charge in [-0.3, -0.25) is 20.1 Å². The van der Waals surface area contributed by atoms with Crippen molar-refractivity contribution < 1.29 is 14.3 Å². The summed E-state index contributed by atoms with van der Waals surface area (Å²) in [4.78, 5) is 45.3. The second-order valence-electron chi connectivity index (χ2n) is 13.7. The fraction of sp³-hybridized carbons (Fsp3) is 0.459. The zero-order valence-corrected chi connectivity index (χ0v) is 29.2. The van der Waals surface area contributed by atoms with Crippen molar-refractivity contribution in [1.82, 2.24) is 25.1 Å². The van der Waals surface area contributed by atoms with Crippen LogP contribution in [0.3, 0.4) is 0 Å². The molecular formula is C37H46N6O3S. The number of hydrogen-bond donors (Lipinski definition) is 2. The van der Waals surface area contributed by atoms with Gasteiger partial charge in [0.25, 0.3) is 0 Å². The van der Waals surface area contributed by atoms with E-state index in [9.17, 15) is 9.59 Å². The predicted octanol–water partition coefficient (Wildman–Crippen LogP) is 7.11. The van der Waals surface area contributed by atoms with Gasteiger partial charge in [-0.1, -0.05) is 24.1 Å². The third kappa shape index (κ3) is 6.79. The number of alkyl carbamates (subject to hydrolysis) is 1. The number of fused-ring (bicyclic) bond motifs is 1. The van der Waals surface area contributed by atoms with Gasteiger partial charge in [0.05, 0.1) is 18.2 Å². The van der Waals surface area contributed by atoms with Crippen LogP contribution in [-0.2, 0) is 14.9 Å². The van der Waals surface area contributed by atoms with Crippen LogP contribution in [-0.4, -0.2) is 77.6 Å². The summed E-state index contributed by atoms with van der Waals surface area (Å²) in [6.07, 6.45) is 6.22. The molecule has 1 unspecified atom stereocenters. The number of aromatic nitrogens is 2. The van der Waals surface area contributed by atoms with Crippen molar-refractivity contribution >= 4 is 39.5 Å². The van der Waals surface area contributed by atoms with Gasteiger partial charge in [-0.2, -0.15) is 0 Å². The van der Waals surface area contributed by atoms with E-state index >= 15 is 0 Å². The number of hydrogen-bond acceptors (Lipinski definition) is 6. The van der Waals surface area contributed by atoms with Crippen molar-refractivity contribution in [2.75, 3.05) is 39.8 Å². The normalized spacial score (nSPS) is 17.8. The van der Waals surface area contributed by atoms with E-state index in [0.29, 0.717) is 18.4 Å². The number of guanidine groups is 1. The molecule has 10 heteroatoms. The second-order valence-corrected chi connectivity index (χ2v) is 14.7. The highest BCUT2D eigenvalue weighted by Crippen LogP contribution is 2.43. The van der Waals surface area contributed by atoms with Crippen molar-refractivity contribution in [2.24, 2.45) is 4.99 Å². The number of thiophene rings is 1. The quantitative estimate of drug-likeness (QED) is 0.163. The lowest BCUT2D eigenvalue weighted by Gasteiger charge is -2.28. The summed E-state index contributed by atoms with van der Waals surface area (Å²) in [6, 6.07) is 13.0. The Labute approximate surface area is 281 Å². The number of ether oxygens (including phenoxy) is 1. The molecular weight excluding hydrogens is 609 g/mol. The fourth-order valence-corrected chi connectivity index (χ4v) is 8.29. The standard InChI is InChI=1S/C37H46N6O3S/c1-23-17-24(2)19-28(18-23)32-31(29-20-30(47-33(29)40-32)37(4,5)34(44)42-14-7-8-15-42)25(3)21-39-35(41-36(45)46-6)43-16-11-27(22-43)26-9-12-38-13-10-26/h9-10,12-13,17-20,25,27,40H,7-8,11,14-16,21-22H2,1-6H3,(H,39,41,45)/t25-,27?/m1/s1. The third-order valence-corrected chi connectivity index (χ3v) is 11.0. The molecule has 2 saturated heterocycles. The van der Waals surface area contributed by atoms with Crippen molar-refractivity contribution in [3.8, 4) is 11.3 Å². The summed E-state index contributed by atoms with van der Waals surface area (Å²) >= 11 is 1.68. The van der Waals surface area contributed by atoms with E-state index in [1.165, 1.54) is 29.4 Å². The van der Waals surface area contributed by atoms with E-state index < -0.39 is 11.5 Å². The zero-order chi connectivity index (χ0) is 33.3. The van der Waals surface area contributed by atoms with Crippen molar-refractivity contribution in [1.29, 1.82) is 0 Å². The maximum atomic E-state index is 13.6. The van der Waals surface area contributed by atoms with Crippen LogP contribution in [0.15, 0.2) is 53.8 Å². The lowest BCUT2D eigenvalue weighted by atomic mass is 9.88. The van der Waals surface area contributed by atoms with E-state index in [-0.39, 0.29) is 11.8 Å². The fourth-order valence-electron chi connectivity index (χ4n) is 7.12. The number of aliphatic imine (C=N–C) groups is 1.